The van der Waals surface area contributed by atoms with Crippen molar-refractivity contribution in [2.75, 3.05) is 12.4 Å². The van der Waals surface area contributed by atoms with Crippen LogP contribution < -0.4 is 10.1 Å². The molecule has 0 aliphatic heterocycles. The van der Waals surface area contributed by atoms with Crippen molar-refractivity contribution in [3.63, 3.8) is 0 Å². The minimum absolute atomic E-state index is 0.0519. The van der Waals surface area contributed by atoms with E-state index in [0.29, 0.717) is 28.8 Å². The van der Waals surface area contributed by atoms with Gasteiger partial charge in [0.1, 0.15) is 11.6 Å². The van der Waals surface area contributed by atoms with Gasteiger partial charge in [-0.1, -0.05) is 11.6 Å². The van der Waals surface area contributed by atoms with Crippen LogP contribution in [0.1, 0.15) is 18.2 Å². The molecule has 0 spiro atoms. The maximum Gasteiger partial charge on any atom is 0.231 e. The van der Waals surface area contributed by atoms with Crippen LogP contribution >= 0.6 is 11.6 Å². The molecular formula is C19H17ClN6O. The van der Waals surface area contributed by atoms with Crippen molar-refractivity contribution in [3.8, 4) is 23.1 Å². The number of nitrogens with one attached hydrogen (secondary N) is 1. The molecule has 3 aromatic rings. The molecule has 0 saturated heterocycles. The molecule has 0 aliphatic rings. The Hall–Kier alpha value is -3.24. The van der Waals surface area contributed by atoms with Crippen LogP contribution in [0.3, 0.4) is 0 Å². The number of ether oxygens (including phenoxy) is 1. The van der Waals surface area contributed by atoms with E-state index < -0.39 is 0 Å². The number of nitriles is 1. The molecule has 7 nitrogen and oxygen atoms in total. The first-order valence-electron chi connectivity index (χ1n) is 8.23. The highest BCUT2D eigenvalue weighted by Gasteiger charge is 2.11. The number of rotatable bonds is 6. The Morgan fingerprint density at radius 2 is 1.93 bits per heavy atom. The Morgan fingerprint density at radius 1 is 1.19 bits per heavy atom. The summed E-state index contributed by atoms with van der Waals surface area (Å²) in [4.78, 5) is 17.1. The van der Waals surface area contributed by atoms with Gasteiger partial charge < -0.3 is 10.1 Å². The van der Waals surface area contributed by atoms with E-state index in [1.807, 2.05) is 13.0 Å². The number of anilines is 1. The molecule has 3 rings (SSSR count). The Morgan fingerprint density at radius 3 is 2.59 bits per heavy atom. The van der Waals surface area contributed by atoms with Crippen LogP contribution in [-0.4, -0.2) is 33.1 Å². The SMILES string of the molecule is COc1ncc(-c2cnc(NC(C)Cc3ncccc3Cl)nc2)cc1C#N. The van der Waals surface area contributed by atoms with E-state index in [9.17, 15) is 5.26 Å². The van der Waals surface area contributed by atoms with Crippen LogP contribution in [0.2, 0.25) is 5.02 Å². The zero-order valence-electron chi connectivity index (χ0n) is 14.8. The third-order valence-electron chi connectivity index (χ3n) is 3.86. The summed E-state index contributed by atoms with van der Waals surface area (Å²) in [5.41, 5.74) is 2.68. The van der Waals surface area contributed by atoms with Gasteiger partial charge in [0, 0.05) is 48.4 Å². The Labute approximate surface area is 162 Å². The number of aromatic nitrogens is 4. The van der Waals surface area contributed by atoms with Crippen LogP contribution in [0, 0.1) is 11.3 Å². The molecule has 0 saturated carbocycles. The zero-order chi connectivity index (χ0) is 19.2. The number of hydrogen-bond acceptors (Lipinski definition) is 7. The van der Waals surface area contributed by atoms with Gasteiger partial charge in [0.15, 0.2) is 0 Å². The third-order valence-corrected chi connectivity index (χ3v) is 4.20. The van der Waals surface area contributed by atoms with Gasteiger partial charge in [-0.05, 0) is 25.1 Å². The lowest BCUT2D eigenvalue weighted by Crippen LogP contribution is -2.20. The molecule has 3 aromatic heterocycles. The summed E-state index contributed by atoms with van der Waals surface area (Å²) in [6.45, 7) is 2.01. The maximum absolute atomic E-state index is 9.18. The van der Waals surface area contributed by atoms with Gasteiger partial charge in [0.05, 0.1) is 17.8 Å². The van der Waals surface area contributed by atoms with E-state index in [1.165, 1.54) is 7.11 Å². The predicted octanol–water partition coefficient (Wildman–Crippen LogP) is 3.51. The van der Waals surface area contributed by atoms with Crippen molar-refractivity contribution >= 4 is 17.5 Å². The van der Waals surface area contributed by atoms with Gasteiger partial charge in [-0.25, -0.2) is 15.0 Å². The average molecular weight is 381 g/mol. The molecule has 8 heteroatoms. The van der Waals surface area contributed by atoms with Gasteiger partial charge in [-0.15, -0.1) is 0 Å². The van der Waals surface area contributed by atoms with Crippen molar-refractivity contribution in [2.45, 2.75) is 19.4 Å². The Kier molecular flexibility index (Phi) is 5.79. The van der Waals surface area contributed by atoms with Crippen molar-refractivity contribution in [2.24, 2.45) is 0 Å². The number of hydrogen-bond donors (Lipinski definition) is 1. The predicted molar refractivity (Wildman–Crippen MR) is 103 cm³/mol. The zero-order valence-corrected chi connectivity index (χ0v) is 15.6. The van der Waals surface area contributed by atoms with Crippen LogP contribution in [0.25, 0.3) is 11.1 Å². The summed E-state index contributed by atoms with van der Waals surface area (Å²) in [6, 6.07) is 7.44. The number of halogens is 1. The topological polar surface area (TPSA) is 96.6 Å². The first-order valence-corrected chi connectivity index (χ1v) is 8.61. The third kappa shape index (κ3) is 4.49. The summed E-state index contributed by atoms with van der Waals surface area (Å²) >= 11 is 6.15. The van der Waals surface area contributed by atoms with Gasteiger partial charge in [0.25, 0.3) is 0 Å². The Balaban J connectivity index is 1.70. The van der Waals surface area contributed by atoms with E-state index in [-0.39, 0.29) is 6.04 Å². The van der Waals surface area contributed by atoms with Gasteiger partial charge in [0.2, 0.25) is 11.8 Å². The highest BCUT2D eigenvalue weighted by atomic mass is 35.5. The molecule has 1 N–H and O–H groups in total. The molecule has 27 heavy (non-hydrogen) atoms. The Bertz CT molecular complexity index is 971. The van der Waals surface area contributed by atoms with Crippen molar-refractivity contribution in [1.82, 2.24) is 19.9 Å². The van der Waals surface area contributed by atoms with Crippen molar-refractivity contribution in [3.05, 3.63) is 59.3 Å². The molecular weight excluding hydrogens is 364 g/mol. The van der Waals surface area contributed by atoms with Gasteiger partial charge >= 0.3 is 0 Å². The quantitative estimate of drug-likeness (QED) is 0.698. The summed E-state index contributed by atoms with van der Waals surface area (Å²) in [7, 11) is 1.48. The standard InChI is InChI=1S/C19H17ClN6O/c1-12(6-17-16(20)4-3-5-22-17)26-19-24-10-15(11-25-19)14-7-13(8-21)18(27-2)23-9-14/h3-5,7,9-12H,6H2,1-2H3,(H,24,25,26). The summed E-state index contributed by atoms with van der Waals surface area (Å²) in [5.74, 6) is 0.794. The lowest BCUT2D eigenvalue weighted by Gasteiger charge is -2.14. The fraction of sp³-hybridized carbons (Fsp3) is 0.211. The molecule has 3 heterocycles. The number of nitrogens with zero attached hydrogens (tertiary/aromatic N) is 5. The maximum atomic E-state index is 9.18. The molecule has 1 unspecified atom stereocenters. The second-order valence-electron chi connectivity index (χ2n) is 5.87. The highest BCUT2D eigenvalue weighted by molar-refractivity contribution is 6.31. The van der Waals surface area contributed by atoms with E-state index in [0.717, 1.165) is 16.8 Å². The minimum atomic E-state index is 0.0519. The first-order chi connectivity index (χ1) is 13.1. The molecule has 0 amide bonds. The lowest BCUT2D eigenvalue weighted by molar-refractivity contribution is 0.396. The summed E-state index contributed by atoms with van der Waals surface area (Å²) < 4.78 is 5.06. The van der Waals surface area contributed by atoms with E-state index >= 15 is 0 Å². The fourth-order valence-corrected chi connectivity index (χ4v) is 2.73. The van der Waals surface area contributed by atoms with Crippen LogP contribution in [0.4, 0.5) is 5.95 Å². The van der Waals surface area contributed by atoms with Gasteiger partial charge in [-0.2, -0.15) is 5.26 Å². The van der Waals surface area contributed by atoms with E-state index in [1.54, 1.807) is 36.9 Å². The van der Waals surface area contributed by atoms with Crippen molar-refractivity contribution < 1.29 is 4.74 Å². The molecule has 0 bridgehead atoms. The normalized spacial score (nSPS) is 11.5. The molecule has 1 atom stereocenters. The van der Waals surface area contributed by atoms with Gasteiger partial charge in [-0.3, -0.25) is 4.98 Å². The average Bonchev–Trinajstić information content (AvgIpc) is 2.69. The van der Waals surface area contributed by atoms with Crippen LogP contribution in [0.15, 0.2) is 43.0 Å². The summed E-state index contributed by atoms with van der Waals surface area (Å²) in [6.07, 6.45) is 7.36. The van der Waals surface area contributed by atoms with Crippen LogP contribution in [0.5, 0.6) is 5.88 Å². The first kappa shape index (κ1) is 18.5. The summed E-state index contributed by atoms with van der Waals surface area (Å²) in [5, 5.41) is 13.0. The highest BCUT2D eigenvalue weighted by Crippen LogP contribution is 2.23. The largest absolute Gasteiger partial charge is 0.480 e. The number of pyridine rings is 2. The van der Waals surface area contributed by atoms with Crippen molar-refractivity contribution in [1.29, 1.82) is 5.26 Å². The molecule has 0 aromatic carbocycles. The fourth-order valence-electron chi connectivity index (χ4n) is 2.53. The smallest absolute Gasteiger partial charge is 0.231 e. The molecule has 0 radical (unpaired) electrons. The van der Waals surface area contributed by atoms with E-state index in [4.69, 9.17) is 16.3 Å². The number of methoxy groups -OCH3 is 1. The minimum Gasteiger partial charge on any atom is -0.480 e. The molecule has 0 fully saturated rings. The monoisotopic (exact) mass is 380 g/mol. The second kappa shape index (κ2) is 8.43. The second-order valence-corrected chi connectivity index (χ2v) is 6.28. The molecule has 0 aliphatic carbocycles. The van der Waals surface area contributed by atoms with E-state index in [2.05, 4.69) is 31.3 Å². The lowest BCUT2D eigenvalue weighted by atomic mass is 10.1. The molecule has 136 valence electrons. The van der Waals surface area contributed by atoms with Crippen LogP contribution in [-0.2, 0) is 6.42 Å².